The molecule has 0 amide bonds. The largest absolute Gasteiger partial charge is 0.379 e. The van der Waals surface area contributed by atoms with E-state index in [-0.39, 0.29) is 0 Å². The average Bonchev–Trinajstić information content (AvgIpc) is 2.16. The molecule has 0 aromatic rings. The molecule has 5 nitrogen and oxygen atoms in total. The molecule has 3 N–H and O–H groups in total. The van der Waals surface area contributed by atoms with Crippen LogP contribution >= 0.6 is 16.1 Å². The number of nitrogens with one attached hydrogen (secondary N) is 1. The first kappa shape index (κ1) is 12.7. The van der Waals surface area contributed by atoms with Gasteiger partial charge in [0.05, 0.1) is 26.4 Å². The van der Waals surface area contributed by atoms with E-state index in [0.717, 1.165) is 6.61 Å². The Hall–Kier alpha value is -0.330. The van der Waals surface area contributed by atoms with Crippen molar-refractivity contribution in [2.75, 3.05) is 33.0 Å². The first-order valence-corrected chi connectivity index (χ1v) is 4.92. The van der Waals surface area contributed by atoms with Crippen molar-refractivity contribution in [2.45, 2.75) is 6.92 Å². The highest BCUT2D eigenvalue weighted by atomic mass is 79.9. The van der Waals surface area contributed by atoms with Crippen LogP contribution in [-0.4, -0.2) is 38.9 Å². The second-order valence-corrected chi connectivity index (χ2v) is 2.57. The van der Waals surface area contributed by atoms with Gasteiger partial charge in [0.2, 0.25) is 0 Å². The van der Waals surface area contributed by atoms with Crippen LogP contribution in [0.3, 0.4) is 0 Å². The van der Waals surface area contributed by atoms with E-state index in [1.165, 1.54) is 0 Å². The molecule has 0 atom stereocenters. The molecule has 0 spiro atoms. The fourth-order valence-corrected chi connectivity index (χ4v) is 0.750. The quantitative estimate of drug-likeness (QED) is 0.296. The van der Waals surface area contributed by atoms with Gasteiger partial charge in [0.25, 0.3) is 0 Å². The summed E-state index contributed by atoms with van der Waals surface area (Å²) in [6.07, 6.45) is 0. The third kappa shape index (κ3) is 9.59. The highest BCUT2D eigenvalue weighted by Gasteiger charge is 1.88. The first-order valence-electron chi connectivity index (χ1n) is 4.13. The molecule has 0 aromatic heterocycles. The molecule has 78 valence electrons. The number of nitrogens with two attached hydrogens (primary N) is 1. The van der Waals surface area contributed by atoms with Crippen LogP contribution in [-0.2, 0) is 9.47 Å². The van der Waals surface area contributed by atoms with Gasteiger partial charge in [-0.3, -0.25) is 9.34 Å². The fourth-order valence-electron chi connectivity index (χ4n) is 0.625. The van der Waals surface area contributed by atoms with Gasteiger partial charge < -0.3 is 15.2 Å². The topological polar surface area (TPSA) is 68.9 Å². The maximum Gasteiger partial charge on any atom is 0.198 e. The monoisotopic (exact) mass is 253 g/mol. The SMILES string of the molecule is CCOCCOCCN=C(N)NBr. The van der Waals surface area contributed by atoms with E-state index in [0.29, 0.717) is 32.3 Å². The molecular formula is C7H16BrN3O2. The van der Waals surface area contributed by atoms with Gasteiger partial charge in [0, 0.05) is 22.8 Å². The van der Waals surface area contributed by atoms with Crippen molar-refractivity contribution in [1.29, 1.82) is 0 Å². The second kappa shape index (κ2) is 9.76. The number of aliphatic imine (C=N–C) groups is 1. The maximum absolute atomic E-state index is 5.35. The van der Waals surface area contributed by atoms with Crippen molar-refractivity contribution in [2.24, 2.45) is 10.7 Å². The van der Waals surface area contributed by atoms with Crippen LogP contribution < -0.4 is 10.1 Å². The first-order chi connectivity index (χ1) is 6.31. The summed E-state index contributed by atoms with van der Waals surface area (Å²) in [5.74, 6) is 0.355. The predicted molar refractivity (Wildman–Crippen MR) is 55.9 cm³/mol. The van der Waals surface area contributed by atoms with E-state index in [1.54, 1.807) is 0 Å². The zero-order valence-electron chi connectivity index (χ0n) is 7.75. The fraction of sp³-hybridized carbons (Fsp3) is 0.857. The van der Waals surface area contributed by atoms with Crippen molar-refractivity contribution in [3.8, 4) is 0 Å². The molecule has 0 aromatic carbocycles. The van der Waals surface area contributed by atoms with Crippen molar-refractivity contribution in [1.82, 2.24) is 4.34 Å². The van der Waals surface area contributed by atoms with E-state index in [1.807, 2.05) is 6.92 Å². The molecule has 0 unspecified atom stereocenters. The number of halogens is 1. The van der Waals surface area contributed by atoms with Gasteiger partial charge in [0.15, 0.2) is 5.96 Å². The Labute approximate surface area is 87.0 Å². The van der Waals surface area contributed by atoms with E-state index in [2.05, 4.69) is 25.5 Å². The summed E-state index contributed by atoms with van der Waals surface area (Å²) < 4.78 is 12.8. The van der Waals surface area contributed by atoms with Gasteiger partial charge in [-0.25, -0.2) is 0 Å². The van der Waals surface area contributed by atoms with Crippen LogP contribution in [0.25, 0.3) is 0 Å². The summed E-state index contributed by atoms with van der Waals surface area (Å²) in [5.41, 5.74) is 5.35. The van der Waals surface area contributed by atoms with Crippen LogP contribution in [0.1, 0.15) is 6.92 Å². The van der Waals surface area contributed by atoms with Gasteiger partial charge in [0.1, 0.15) is 0 Å². The molecule has 13 heavy (non-hydrogen) atoms. The Balaban J connectivity index is 3.08. The molecule has 0 radical (unpaired) electrons. The standard InChI is InChI=1S/C7H16BrN3O2/c1-2-12-5-6-13-4-3-10-7(9)11-8/h2-6H2,1H3,(H3,9,10,11). The van der Waals surface area contributed by atoms with E-state index >= 15 is 0 Å². The van der Waals surface area contributed by atoms with E-state index < -0.39 is 0 Å². The molecule has 0 saturated heterocycles. The van der Waals surface area contributed by atoms with Gasteiger partial charge in [-0.1, -0.05) is 0 Å². The Morgan fingerprint density at radius 1 is 1.38 bits per heavy atom. The molecule has 0 bridgehead atoms. The number of hydrogen-bond acceptors (Lipinski definition) is 3. The Morgan fingerprint density at radius 3 is 2.69 bits per heavy atom. The van der Waals surface area contributed by atoms with Gasteiger partial charge in [-0.2, -0.15) is 0 Å². The Bertz CT molecular complexity index is 144. The number of rotatable bonds is 7. The normalized spacial score (nSPS) is 11.7. The lowest BCUT2D eigenvalue weighted by Gasteiger charge is -2.02. The minimum Gasteiger partial charge on any atom is -0.379 e. The molecule has 0 aliphatic heterocycles. The van der Waals surface area contributed by atoms with Gasteiger partial charge >= 0.3 is 0 Å². The smallest absolute Gasteiger partial charge is 0.198 e. The summed E-state index contributed by atoms with van der Waals surface area (Å²) in [6.45, 7) is 5.02. The zero-order chi connectivity index (χ0) is 9.94. The molecule has 6 heteroatoms. The third-order valence-corrected chi connectivity index (χ3v) is 1.60. The summed E-state index contributed by atoms with van der Waals surface area (Å²) >= 11 is 2.95. The number of nitrogens with zero attached hydrogens (tertiary/aromatic N) is 1. The van der Waals surface area contributed by atoms with Crippen molar-refractivity contribution < 1.29 is 9.47 Å². The molecule has 0 fully saturated rings. The van der Waals surface area contributed by atoms with Crippen molar-refractivity contribution in [3.05, 3.63) is 0 Å². The number of guanidine groups is 1. The molecule has 0 aliphatic carbocycles. The van der Waals surface area contributed by atoms with E-state index in [4.69, 9.17) is 15.2 Å². The molecule has 0 saturated carbocycles. The van der Waals surface area contributed by atoms with Crippen LogP contribution in [0.5, 0.6) is 0 Å². The molecule has 0 rings (SSSR count). The number of hydrogen-bond donors (Lipinski definition) is 2. The summed E-state index contributed by atoms with van der Waals surface area (Å²) in [5, 5.41) is 0. The minimum absolute atomic E-state index is 0.355. The van der Waals surface area contributed by atoms with Gasteiger partial charge in [-0.15, -0.1) is 0 Å². The predicted octanol–water partition coefficient (Wildman–Crippen LogP) is 0.254. The molecule has 0 heterocycles. The highest BCUT2D eigenvalue weighted by Crippen LogP contribution is 1.79. The lowest BCUT2D eigenvalue weighted by atomic mass is 10.7. The van der Waals surface area contributed by atoms with Crippen LogP contribution in [0.15, 0.2) is 4.99 Å². The third-order valence-electron chi connectivity index (χ3n) is 1.19. The summed E-state index contributed by atoms with van der Waals surface area (Å²) in [7, 11) is 0. The maximum atomic E-state index is 5.35. The highest BCUT2D eigenvalue weighted by molar-refractivity contribution is 9.08. The van der Waals surface area contributed by atoms with E-state index in [9.17, 15) is 0 Å². The van der Waals surface area contributed by atoms with Crippen molar-refractivity contribution >= 4 is 22.1 Å². The summed E-state index contributed by atoms with van der Waals surface area (Å²) in [4.78, 5) is 3.93. The summed E-state index contributed by atoms with van der Waals surface area (Å²) in [6, 6.07) is 0. The van der Waals surface area contributed by atoms with Crippen LogP contribution in [0.2, 0.25) is 0 Å². The lowest BCUT2D eigenvalue weighted by Crippen LogP contribution is -2.24. The van der Waals surface area contributed by atoms with Gasteiger partial charge in [-0.05, 0) is 6.92 Å². The molecule has 0 aliphatic rings. The number of ether oxygens (including phenoxy) is 2. The second-order valence-electron chi connectivity index (χ2n) is 2.17. The Kier molecular flexibility index (Phi) is 9.51. The van der Waals surface area contributed by atoms with Crippen molar-refractivity contribution in [3.63, 3.8) is 0 Å². The Morgan fingerprint density at radius 2 is 2.08 bits per heavy atom. The lowest BCUT2D eigenvalue weighted by molar-refractivity contribution is 0.0562. The van der Waals surface area contributed by atoms with Crippen LogP contribution in [0, 0.1) is 0 Å². The average molecular weight is 254 g/mol. The zero-order valence-corrected chi connectivity index (χ0v) is 9.34. The minimum atomic E-state index is 0.355. The van der Waals surface area contributed by atoms with Crippen LogP contribution in [0.4, 0.5) is 0 Å². The molecular weight excluding hydrogens is 238 g/mol.